The summed E-state index contributed by atoms with van der Waals surface area (Å²) in [5.41, 5.74) is 0. The van der Waals surface area contributed by atoms with Gasteiger partial charge in [0.25, 0.3) is 0 Å². The number of hydrogen-bond acceptors (Lipinski definition) is 2. The van der Waals surface area contributed by atoms with Crippen LogP contribution in [-0.2, 0) is 4.79 Å². The Morgan fingerprint density at radius 2 is 1.67 bits per heavy atom. The summed E-state index contributed by atoms with van der Waals surface area (Å²) in [7, 11) is 0. The van der Waals surface area contributed by atoms with Crippen LogP contribution in [0, 0.1) is 0 Å². The van der Waals surface area contributed by atoms with Gasteiger partial charge in [-0.05, 0) is 19.4 Å². The van der Waals surface area contributed by atoms with Crippen molar-refractivity contribution >= 4 is 5.91 Å². The number of nitrogens with one attached hydrogen (secondary N) is 2. The highest BCUT2D eigenvalue weighted by atomic mass is 16.1. The molecule has 0 radical (unpaired) electrons. The fourth-order valence-electron chi connectivity index (χ4n) is 1.32. The zero-order chi connectivity index (χ0) is 11.4. The third-order valence-electron chi connectivity index (χ3n) is 2.34. The topological polar surface area (TPSA) is 41.1 Å². The molecule has 0 heterocycles. The first-order valence-electron chi connectivity index (χ1n) is 6.28. The fraction of sp³-hybridized carbons (Fsp3) is 0.917. The molecule has 0 aliphatic rings. The van der Waals surface area contributed by atoms with Gasteiger partial charge in [0.05, 0.1) is 0 Å². The lowest BCUT2D eigenvalue weighted by Crippen LogP contribution is -2.28. The van der Waals surface area contributed by atoms with Crippen LogP contribution in [0.25, 0.3) is 0 Å². The van der Waals surface area contributed by atoms with Gasteiger partial charge in [0.15, 0.2) is 0 Å². The average Bonchev–Trinajstić information content (AvgIpc) is 2.24. The van der Waals surface area contributed by atoms with Crippen LogP contribution in [0.5, 0.6) is 0 Å². The van der Waals surface area contributed by atoms with Crippen LogP contribution < -0.4 is 10.6 Å². The smallest absolute Gasteiger partial charge is 0.221 e. The lowest BCUT2D eigenvalue weighted by atomic mass is 10.2. The quantitative estimate of drug-likeness (QED) is 0.547. The molecule has 1 amide bonds. The van der Waals surface area contributed by atoms with Crippen molar-refractivity contribution in [1.29, 1.82) is 0 Å². The normalized spacial score (nSPS) is 10.3. The second-order valence-corrected chi connectivity index (χ2v) is 3.91. The van der Waals surface area contributed by atoms with Crippen molar-refractivity contribution in [1.82, 2.24) is 10.6 Å². The molecule has 0 aromatic heterocycles. The van der Waals surface area contributed by atoms with Crippen molar-refractivity contribution in [2.45, 2.75) is 52.4 Å². The molecule has 0 aliphatic heterocycles. The van der Waals surface area contributed by atoms with Gasteiger partial charge in [-0.2, -0.15) is 0 Å². The van der Waals surface area contributed by atoms with E-state index in [0.717, 1.165) is 26.1 Å². The highest BCUT2D eigenvalue weighted by molar-refractivity contribution is 5.75. The van der Waals surface area contributed by atoms with E-state index >= 15 is 0 Å². The van der Waals surface area contributed by atoms with Gasteiger partial charge in [-0.25, -0.2) is 0 Å². The summed E-state index contributed by atoms with van der Waals surface area (Å²) in [5.74, 6) is 0.176. The molecule has 90 valence electrons. The lowest BCUT2D eigenvalue weighted by molar-refractivity contribution is -0.121. The summed E-state index contributed by atoms with van der Waals surface area (Å²) < 4.78 is 0. The molecule has 0 spiro atoms. The zero-order valence-corrected chi connectivity index (χ0v) is 10.3. The van der Waals surface area contributed by atoms with Gasteiger partial charge in [0.2, 0.25) is 5.91 Å². The maximum Gasteiger partial charge on any atom is 0.221 e. The minimum Gasteiger partial charge on any atom is -0.356 e. The van der Waals surface area contributed by atoms with Gasteiger partial charge in [-0.1, -0.05) is 33.1 Å². The monoisotopic (exact) mass is 214 g/mol. The number of unbranched alkanes of at least 4 members (excludes halogenated alkanes) is 3. The fourth-order valence-corrected chi connectivity index (χ4v) is 1.32. The summed E-state index contributed by atoms with van der Waals surface area (Å²) in [6.45, 7) is 7.00. The largest absolute Gasteiger partial charge is 0.356 e. The Kier molecular flexibility index (Phi) is 11.1. The second-order valence-electron chi connectivity index (χ2n) is 3.91. The van der Waals surface area contributed by atoms with Gasteiger partial charge in [0.1, 0.15) is 0 Å². The highest BCUT2D eigenvalue weighted by Crippen LogP contribution is 1.91. The summed E-state index contributed by atoms with van der Waals surface area (Å²) in [6.07, 6.45) is 6.51. The summed E-state index contributed by atoms with van der Waals surface area (Å²) in [6, 6.07) is 0. The molecule has 0 bridgehead atoms. The third-order valence-corrected chi connectivity index (χ3v) is 2.34. The van der Waals surface area contributed by atoms with Crippen LogP contribution in [0.3, 0.4) is 0 Å². The maximum absolute atomic E-state index is 11.3. The Bertz CT molecular complexity index is 149. The van der Waals surface area contributed by atoms with Crippen LogP contribution in [0.1, 0.15) is 52.4 Å². The van der Waals surface area contributed by atoms with Gasteiger partial charge in [-0.3, -0.25) is 4.79 Å². The molecule has 2 N–H and O–H groups in total. The molecule has 0 rings (SSSR count). The first-order chi connectivity index (χ1) is 7.31. The van der Waals surface area contributed by atoms with E-state index in [2.05, 4.69) is 24.5 Å². The molecule has 0 aromatic carbocycles. The number of carbonyl (C=O) groups excluding carboxylic acids is 1. The number of hydrogen-bond donors (Lipinski definition) is 2. The maximum atomic E-state index is 11.3. The van der Waals surface area contributed by atoms with Gasteiger partial charge in [0, 0.05) is 19.5 Å². The van der Waals surface area contributed by atoms with Crippen LogP contribution in [0.4, 0.5) is 0 Å². The molecule has 3 nitrogen and oxygen atoms in total. The van der Waals surface area contributed by atoms with Crippen LogP contribution >= 0.6 is 0 Å². The number of amides is 1. The van der Waals surface area contributed by atoms with E-state index in [0.29, 0.717) is 6.42 Å². The van der Waals surface area contributed by atoms with Crippen molar-refractivity contribution < 1.29 is 4.79 Å². The third kappa shape index (κ3) is 11.4. The molecular formula is C12H26N2O. The molecule has 0 atom stereocenters. The van der Waals surface area contributed by atoms with Gasteiger partial charge in [-0.15, -0.1) is 0 Å². The molecule has 0 saturated carbocycles. The van der Waals surface area contributed by atoms with Crippen molar-refractivity contribution in [3.05, 3.63) is 0 Å². The van der Waals surface area contributed by atoms with E-state index in [-0.39, 0.29) is 5.91 Å². The Balaban J connectivity index is 3.11. The molecule has 0 aromatic rings. The van der Waals surface area contributed by atoms with E-state index < -0.39 is 0 Å². The minimum atomic E-state index is 0.176. The lowest BCUT2D eigenvalue weighted by Gasteiger charge is -2.05. The Labute approximate surface area is 94.0 Å². The van der Waals surface area contributed by atoms with E-state index in [9.17, 15) is 4.79 Å². The first kappa shape index (κ1) is 14.4. The summed E-state index contributed by atoms with van der Waals surface area (Å²) in [5, 5.41) is 6.19. The van der Waals surface area contributed by atoms with Gasteiger partial charge >= 0.3 is 0 Å². The minimum absolute atomic E-state index is 0.176. The Morgan fingerprint density at radius 1 is 0.933 bits per heavy atom. The second kappa shape index (κ2) is 11.5. The number of carbonyl (C=O) groups is 1. The van der Waals surface area contributed by atoms with E-state index in [1.165, 1.54) is 25.7 Å². The summed E-state index contributed by atoms with van der Waals surface area (Å²) in [4.78, 5) is 11.3. The van der Waals surface area contributed by atoms with Crippen LogP contribution in [0.2, 0.25) is 0 Å². The SMILES string of the molecule is CCCCCNC(=O)CCNCCCC. The molecule has 0 unspecified atom stereocenters. The van der Waals surface area contributed by atoms with Crippen molar-refractivity contribution in [2.75, 3.05) is 19.6 Å². The molecule has 15 heavy (non-hydrogen) atoms. The molecule has 0 fully saturated rings. The Morgan fingerprint density at radius 3 is 2.33 bits per heavy atom. The van der Waals surface area contributed by atoms with Gasteiger partial charge < -0.3 is 10.6 Å². The van der Waals surface area contributed by atoms with Crippen LogP contribution in [-0.4, -0.2) is 25.5 Å². The predicted octanol–water partition coefficient (Wildman–Crippen LogP) is 2.07. The van der Waals surface area contributed by atoms with Crippen molar-refractivity contribution in [3.63, 3.8) is 0 Å². The summed E-state index contributed by atoms with van der Waals surface area (Å²) >= 11 is 0. The van der Waals surface area contributed by atoms with E-state index in [4.69, 9.17) is 0 Å². The van der Waals surface area contributed by atoms with E-state index in [1.54, 1.807) is 0 Å². The molecule has 3 heteroatoms. The van der Waals surface area contributed by atoms with Crippen molar-refractivity contribution in [2.24, 2.45) is 0 Å². The first-order valence-corrected chi connectivity index (χ1v) is 6.28. The Hall–Kier alpha value is -0.570. The zero-order valence-electron chi connectivity index (χ0n) is 10.3. The standard InChI is InChI=1S/C12H26N2O/c1-3-5-7-10-14-12(15)8-11-13-9-6-4-2/h13H,3-11H2,1-2H3,(H,14,15). The van der Waals surface area contributed by atoms with E-state index in [1.807, 2.05) is 0 Å². The molecular weight excluding hydrogens is 188 g/mol. The number of rotatable bonds is 10. The average molecular weight is 214 g/mol. The molecule has 0 saturated heterocycles. The molecule has 0 aliphatic carbocycles. The van der Waals surface area contributed by atoms with Crippen molar-refractivity contribution in [3.8, 4) is 0 Å². The predicted molar refractivity (Wildman–Crippen MR) is 64.9 cm³/mol. The highest BCUT2D eigenvalue weighted by Gasteiger charge is 1.98. The van der Waals surface area contributed by atoms with Crippen LogP contribution in [0.15, 0.2) is 0 Å².